The number of carbonyl (C=O) groups excluding carboxylic acids is 1. The third-order valence-corrected chi connectivity index (χ3v) is 4.20. The molecule has 0 aromatic heterocycles. The second-order valence-electron chi connectivity index (χ2n) is 6.10. The molecule has 0 radical (unpaired) electrons. The number of ether oxygens (including phenoxy) is 1. The average molecular weight is 328 g/mol. The van der Waals surface area contributed by atoms with E-state index in [9.17, 15) is 20.1 Å². The lowest BCUT2D eigenvalue weighted by atomic mass is 10.0. The van der Waals surface area contributed by atoms with E-state index in [1.807, 2.05) is 12.1 Å². The van der Waals surface area contributed by atoms with Crippen LogP contribution in [0.2, 0.25) is 0 Å². The van der Waals surface area contributed by atoms with Crippen LogP contribution in [0.25, 0.3) is 0 Å². The van der Waals surface area contributed by atoms with Crippen molar-refractivity contribution in [2.45, 2.75) is 37.6 Å². The summed E-state index contributed by atoms with van der Waals surface area (Å²) in [6.45, 7) is 0. The van der Waals surface area contributed by atoms with Gasteiger partial charge in [-0.15, -0.1) is 0 Å². The molecule has 0 bridgehead atoms. The summed E-state index contributed by atoms with van der Waals surface area (Å²) in [5, 5.41) is 28.6. The van der Waals surface area contributed by atoms with Crippen LogP contribution in [0.15, 0.2) is 48.5 Å². The zero-order valence-corrected chi connectivity index (χ0v) is 13.1. The lowest BCUT2D eigenvalue weighted by Crippen LogP contribution is -2.16. The molecule has 1 fully saturated rings. The molecule has 0 amide bonds. The number of aryl methyl sites for hydroxylation is 1. The Morgan fingerprint density at radius 2 is 1.58 bits per heavy atom. The maximum Gasteiger partial charge on any atom is 0.194 e. The molecule has 3 atom stereocenters. The van der Waals surface area contributed by atoms with Crippen molar-refractivity contribution in [1.29, 1.82) is 0 Å². The van der Waals surface area contributed by atoms with E-state index in [1.54, 1.807) is 24.3 Å². The molecule has 3 rings (SSSR count). The van der Waals surface area contributed by atoms with Crippen LogP contribution in [0.4, 0.5) is 0 Å². The van der Waals surface area contributed by atoms with E-state index in [-0.39, 0.29) is 23.4 Å². The summed E-state index contributed by atoms with van der Waals surface area (Å²) in [5.74, 6) is 0.219. The van der Waals surface area contributed by atoms with Crippen LogP contribution in [0.1, 0.15) is 28.8 Å². The van der Waals surface area contributed by atoms with Crippen molar-refractivity contribution in [1.82, 2.24) is 0 Å². The van der Waals surface area contributed by atoms with Crippen molar-refractivity contribution in [3.05, 3.63) is 59.7 Å². The lowest BCUT2D eigenvalue weighted by Gasteiger charge is -2.09. The van der Waals surface area contributed by atoms with Crippen LogP contribution >= 0.6 is 0 Å². The molecule has 1 aliphatic rings. The minimum atomic E-state index is -0.540. The summed E-state index contributed by atoms with van der Waals surface area (Å²) in [6, 6.07) is 13.0. The van der Waals surface area contributed by atoms with E-state index in [4.69, 9.17) is 4.74 Å². The Hall–Kier alpha value is -2.37. The number of rotatable bonds is 7. The average Bonchev–Trinajstić information content (AvgIpc) is 3.33. The quantitative estimate of drug-likeness (QED) is 0.536. The van der Waals surface area contributed by atoms with Crippen molar-refractivity contribution >= 4 is 5.78 Å². The van der Waals surface area contributed by atoms with Crippen LogP contribution in [0.5, 0.6) is 11.5 Å². The SMILES string of the molecule is O=C(c1ccc(O)cc1)C1OC1CC(O)CCc1ccc(O)cc1. The molecule has 0 saturated carbocycles. The number of ketones is 1. The normalized spacial score (nSPS) is 20.5. The Labute approximate surface area is 140 Å². The maximum atomic E-state index is 12.2. The van der Waals surface area contributed by atoms with Crippen molar-refractivity contribution < 1.29 is 24.9 Å². The number of aliphatic hydroxyl groups is 1. The number of aliphatic hydroxyl groups excluding tert-OH is 1. The van der Waals surface area contributed by atoms with E-state index in [1.165, 1.54) is 12.1 Å². The third-order valence-electron chi connectivity index (χ3n) is 4.20. The number of phenols is 2. The Morgan fingerprint density at radius 3 is 2.21 bits per heavy atom. The van der Waals surface area contributed by atoms with Crippen LogP contribution in [-0.2, 0) is 11.2 Å². The molecule has 3 unspecified atom stereocenters. The number of hydrogen-bond acceptors (Lipinski definition) is 5. The molecule has 5 heteroatoms. The van der Waals surface area contributed by atoms with Crippen LogP contribution < -0.4 is 0 Å². The fourth-order valence-electron chi connectivity index (χ4n) is 2.72. The Bertz CT molecular complexity index is 693. The van der Waals surface area contributed by atoms with Gasteiger partial charge in [0.25, 0.3) is 0 Å². The highest BCUT2D eigenvalue weighted by Gasteiger charge is 2.45. The van der Waals surface area contributed by atoms with Crippen molar-refractivity contribution in [3.8, 4) is 11.5 Å². The highest BCUT2D eigenvalue weighted by Crippen LogP contribution is 2.31. The number of Topliss-reactive ketones (excluding diaryl/α,β-unsaturated/α-hetero) is 1. The molecule has 2 aromatic rings. The van der Waals surface area contributed by atoms with Crippen molar-refractivity contribution in [3.63, 3.8) is 0 Å². The molecule has 1 heterocycles. The summed E-state index contributed by atoms with van der Waals surface area (Å²) in [5.41, 5.74) is 1.54. The number of phenolic OH excluding ortho intramolecular Hbond substituents is 2. The van der Waals surface area contributed by atoms with Gasteiger partial charge in [0.1, 0.15) is 17.6 Å². The molecular formula is C19H20O5. The van der Waals surface area contributed by atoms with Gasteiger partial charge < -0.3 is 20.1 Å². The monoisotopic (exact) mass is 328 g/mol. The largest absolute Gasteiger partial charge is 0.508 e. The van der Waals surface area contributed by atoms with Crippen LogP contribution in [0, 0.1) is 0 Å². The second-order valence-corrected chi connectivity index (χ2v) is 6.10. The summed E-state index contributed by atoms with van der Waals surface area (Å²) < 4.78 is 5.40. The molecule has 3 N–H and O–H groups in total. The van der Waals surface area contributed by atoms with Gasteiger partial charge in [0.15, 0.2) is 5.78 Å². The number of aromatic hydroxyl groups is 2. The van der Waals surface area contributed by atoms with Crippen LogP contribution in [-0.4, -0.2) is 39.4 Å². The standard InChI is InChI=1S/C19H20O5/c20-14-6-1-12(2-7-14)3-8-16(22)11-17-19(24-17)18(23)13-4-9-15(21)10-5-13/h1-2,4-7,9-10,16-17,19-22H,3,8,11H2. The van der Waals surface area contributed by atoms with Gasteiger partial charge in [0.2, 0.25) is 0 Å². The minimum Gasteiger partial charge on any atom is -0.508 e. The van der Waals surface area contributed by atoms with Gasteiger partial charge in [0.05, 0.1) is 12.2 Å². The third kappa shape index (κ3) is 4.13. The highest BCUT2D eigenvalue weighted by atomic mass is 16.6. The summed E-state index contributed by atoms with van der Waals surface area (Å²) in [7, 11) is 0. The van der Waals surface area contributed by atoms with Crippen molar-refractivity contribution in [2.24, 2.45) is 0 Å². The Morgan fingerprint density at radius 1 is 1.00 bits per heavy atom. The van der Waals surface area contributed by atoms with E-state index in [0.717, 1.165) is 5.56 Å². The summed E-state index contributed by atoms with van der Waals surface area (Å²) in [6.07, 6.45) is 0.405. The van der Waals surface area contributed by atoms with E-state index in [2.05, 4.69) is 0 Å². The smallest absolute Gasteiger partial charge is 0.194 e. The number of carbonyl (C=O) groups is 1. The zero-order chi connectivity index (χ0) is 17.1. The maximum absolute atomic E-state index is 12.2. The molecule has 0 aliphatic carbocycles. The molecule has 5 nitrogen and oxygen atoms in total. The number of epoxide rings is 1. The fraction of sp³-hybridized carbons (Fsp3) is 0.316. The lowest BCUT2D eigenvalue weighted by molar-refractivity contribution is 0.0953. The number of benzene rings is 2. The van der Waals surface area contributed by atoms with E-state index in [0.29, 0.717) is 24.8 Å². The van der Waals surface area contributed by atoms with Gasteiger partial charge in [-0.25, -0.2) is 0 Å². The van der Waals surface area contributed by atoms with Crippen LogP contribution in [0.3, 0.4) is 0 Å². The highest BCUT2D eigenvalue weighted by molar-refractivity contribution is 6.01. The second kappa shape index (κ2) is 7.03. The molecule has 1 aliphatic heterocycles. The minimum absolute atomic E-state index is 0.115. The topological polar surface area (TPSA) is 90.3 Å². The summed E-state index contributed by atoms with van der Waals surface area (Å²) in [4.78, 5) is 12.2. The van der Waals surface area contributed by atoms with Gasteiger partial charge in [-0.3, -0.25) is 4.79 Å². The molecule has 2 aromatic carbocycles. The Balaban J connectivity index is 1.45. The molecule has 1 saturated heterocycles. The molecule has 126 valence electrons. The molecular weight excluding hydrogens is 308 g/mol. The fourth-order valence-corrected chi connectivity index (χ4v) is 2.72. The van der Waals surface area contributed by atoms with Gasteiger partial charge in [0, 0.05) is 12.0 Å². The van der Waals surface area contributed by atoms with Gasteiger partial charge >= 0.3 is 0 Å². The van der Waals surface area contributed by atoms with Crippen molar-refractivity contribution in [2.75, 3.05) is 0 Å². The zero-order valence-electron chi connectivity index (χ0n) is 13.1. The predicted octanol–water partition coefficient (Wildman–Crippen LogP) is 2.43. The first-order valence-corrected chi connectivity index (χ1v) is 7.97. The number of hydrogen-bond donors (Lipinski definition) is 3. The first kappa shape index (κ1) is 16.5. The molecule has 24 heavy (non-hydrogen) atoms. The Kier molecular flexibility index (Phi) is 4.83. The first-order chi connectivity index (χ1) is 11.5. The van der Waals surface area contributed by atoms with Gasteiger partial charge in [-0.05, 0) is 54.8 Å². The predicted molar refractivity (Wildman–Crippen MR) is 88.1 cm³/mol. The summed E-state index contributed by atoms with van der Waals surface area (Å²) >= 11 is 0. The van der Waals surface area contributed by atoms with Gasteiger partial charge in [-0.1, -0.05) is 12.1 Å². The van der Waals surface area contributed by atoms with E-state index >= 15 is 0 Å². The van der Waals surface area contributed by atoms with E-state index < -0.39 is 12.2 Å². The van der Waals surface area contributed by atoms with Gasteiger partial charge in [-0.2, -0.15) is 0 Å². The first-order valence-electron chi connectivity index (χ1n) is 7.97. The molecule has 0 spiro atoms.